The Morgan fingerprint density at radius 1 is 1.09 bits per heavy atom. The van der Waals surface area contributed by atoms with Crippen molar-refractivity contribution in [2.75, 3.05) is 39.3 Å². The summed E-state index contributed by atoms with van der Waals surface area (Å²) in [7, 11) is 0. The van der Waals surface area contributed by atoms with E-state index in [0.29, 0.717) is 6.54 Å². The van der Waals surface area contributed by atoms with Crippen LogP contribution in [0.15, 0.2) is 30.3 Å². The number of hydrogen-bond acceptors (Lipinski definition) is 5. The summed E-state index contributed by atoms with van der Waals surface area (Å²) in [4.78, 5) is 17.9. The second-order valence-electron chi connectivity index (χ2n) is 5.82. The van der Waals surface area contributed by atoms with Crippen LogP contribution in [0, 0.1) is 0 Å². The zero-order valence-electron chi connectivity index (χ0n) is 12.8. The van der Waals surface area contributed by atoms with Gasteiger partial charge in [0.2, 0.25) is 0 Å². The van der Waals surface area contributed by atoms with Gasteiger partial charge in [0.1, 0.15) is 0 Å². The molecule has 1 aromatic carbocycles. The normalized spacial score (nSPS) is 16.5. The number of carbonyl (C=O) groups excluding carboxylic acids is 1. The molecule has 1 aliphatic rings. The third kappa shape index (κ3) is 2.76. The molecule has 0 atom stereocenters. The number of carbonyl (C=O) groups is 1. The Kier molecular flexibility index (Phi) is 4.07. The summed E-state index contributed by atoms with van der Waals surface area (Å²) in [5, 5.41) is 1.27. The van der Waals surface area contributed by atoms with Crippen LogP contribution in [-0.4, -0.2) is 55.0 Å². The van der Waals surface area contributed by atoms with Crippen molar-refractivity contribution in [1.82, 2.24) is 9.80 Å². The fraction of sp³-hybridized carbons (Fsp3) is 0.353. The topological polar surface area (TPSA) is 49.6 Å². The first kappa shape index (κ1) is 15.1. The molecule has 120 valence electrons. The summed E-state index contributed by atoms with van der Waals surface area (Å²) in [6, 6.07) is 10.5. The van der Waals surface area contributed by atoms with Crippen molar-refractivity contribution < 1.29 is 4.79 Å². The van der Waals surface area contributed by atoms with Gasteiger partial charge in [-0.1, -0.05) is 18.2 Å². The Morgan fingerprint density at radius 2 is 1.87 bits per heavy atom. The van der Waals surface area contributed by atoms with Gasteiger partial charge < -0.3 is 10.6 Å². The molecule has 3 heterocycles. The van der Waals surface area contributed by atoms with Gasteiger partial charge in [0.05, 0.1) is 9.58 Å². The van der Waals surface area contributed by atoms with Gasteiger partial charge in [-0.15, -0.1) is 22.7 Å². The molecule has 0 bridgehead atoms. The lowest BCUT2D eigenvalue weighted by Gasteiger charge is -2.34. The maximum absolute atomic E-state index is 12.8. The van der Waals surface area contributed by atoms with Gasteiger partial charge in [-0.2, -0.15) is 0 Å². The fourth-order valence-corrected chi connectivity index (χ4v) is 5.61. The average molecular weight is 345 g/mol. The summed E-state index contributed by atoms with van der Waals surface area (Å²) in [6.45, 7) is 5.04. The maximum Gasteiger partial charge on any atom is 0.264 e. The second kappa shape index (κ2) is 6.20. The Labute approximate surface area is 143 Å². The van der Waals surface area contributed by atoms with Crippen LogP contribution in [0.3, 0.4) is 0 Å². The van der Waals surface area contributed by atoms with E-state index in [2.05, 4.69) is 35.2 Å². The van der Waals surface area contributed by atoms with Crippen LogP contribution in [0.4, 0.5) is 0 Å². The molecule has 0 saturated carbocycles. The van der Waals surface area contributed by atoms with Crippen molar-refractivity contribution in [3.05, 3.63) is 35.2 Å². The highest BCUT2D eigenvalue weighted by Crippen LogP contribution is 2.39. The number of rotatable bonds is 3. The number of piperazine rings is 1. The van der Waals surface area contributed by atoms with Gasteiger partial charge in [-0.05, 0) is 12.1 Å². The monoisotopic (exact) mass is 345 g/mol. The van der Waals surface area contributed by atoms with Crippen LogP contribution in [0.5, 0.6) is 0 Å². The molecule has 1 amide bonds. The van der Waals surface area contributed by atoms with E-state index in [-0.39, 0.29) is 5.91 Å². The van der Waals surface area contributed by atoms with Gasteiger partial charge in [0.25, 0.3) is 5.91 Å². The minimum absolute atomic E-state index is 0.176. The largest absolute Gasteiger partial charge is 0.335 e. The van der Waals surface area contributed by atoms with Crippen LogP contribution in [0.2, 0.25) is 0 Å². The summed E-state index contributed by atoms with van der Waals surface area (Å²) >= 11 is 3.40. The second-order valence-corrected chi connectivity index (χ2v) is 7.96. The van der Waals surface area contributed by atoms with Gasteiger partial charge in [0.15, 0.2) is 0 Å². The summed E-state index contributed by atoms with van der Waals surface area (Å²) in [6.07, 6.45) is 0. The van der Waals surface area contributed by atoms with E-state index < -0.39 is 0 Å². The average Bonchev–Trinajstić information content (AvgIpc) is 3.13. The van der Waals surface area contributed by atoms with Crippen LogP contribution in [-0.2, 0) is 0 Å². The number of thiophene rings is 2. The molecular formula is C17H19N3OS2. The van der Waals surface area contributed by atoms with Gasteiger partial charge in [-0.25, -0.2) is 0 Å². The molecule has 0 unspecified atom stereocenters. The maximum atomic E-state index is 12.8. The van der Waals surface area contributed by atoms with Crippen LogP contribution >= 0.6 is 22.7 Å². The number of benzene rings is 1. The van der Waals surface area contributed by atoms with Gasteiger partial charge in [0, 0.05) is 54.1 Å². The predicted octanol–water partition coefficient (Wildman–Crippen LogP) is 2.83. The van der Waals surface area contributed by atoms with Gasteiger partial charge in [-0.3, -0.25) is 9.69 Å². The molecule has 2 N–H and O–H groups in total. The van der Waals surface area contributed by atoms with Crippen molar-refractivity contribution >= 4 is 48.1 Å². The van der Waals surface area contributed by atoms with Crippen LogP contribution < -0.4 is 5.73 Å². The smallest absolute Gasteiger partial charge is 0.264 e. The number of nitrogens with zero attached hydrogens (tertiary/aromatic N) is 2. The molecule has 0 aliphatic carbocycles. The number of hydrogen-bond donors (Lipinski definition) is 1. The Balaban J connectivity index is 1.56. The van der Waals surface area contributed by atoms with E-state index in [1.54, 1.807) is 22.7 Å². The third-order valence-corrected chi connectivity index (χ3v) is 6.77. The first-order valence-electron chi connectivity index (χ1n) is 7.89. The highest BCUT2D eigenvalue weighted by Gasteiger charge is 2.23. The quantitative estimate of drug-likeness (QED) is 0.794. The number of fused-ring (bicyclic) bond motifs is 3. The van der Waals surface area contributed by atoms with Crippen molar-refractivity contribution in [1.29, 1.82) is 0 Å². The molecular weight excluding hydrogens is 326 g/mol. The zero-order chi connectivity index (χ0) is 15.8. The van der Waals surface area contributed by atoms with Crippen molar-refractivity contribution in [2.24, 2.45) is 5.73 Å². The SMILES string of the molecule is NCCN1CCN(C(=O)c2cc3sc4ccccc4c3s2)CC1. The lowest BCUT2D eigenvalue weighted by Crippen LogP contribution is -2.49. The lowest BCUT2D eigenvalue weighted by molar-refractivity contribution is 0.0646. The molecule has 1 saturated heterocycles. The van der Waals surface area contributed by atoms with E-state index in [1.165, 1.54) is 19.5 Å². The molecule has 0 spiro atoms. The summed E-state index contributed by atoms with van der Waals surface area (Å²) < 4.78 is 3.76. The van der Waals surface area contributed by atoms with Gasteiger partial charge >= 0.3 is 0 Å². The first-order valence-corrected chi connectivity index (χ1v) is 9.52. The fourth-order valence-electron chi connectivity index (χ4n) is 3.12. The molecule has 4 rings (SSSR count). The number of nitrogens with two attached hydrogens (primary N) is 1. The molecule has 23 heavy (non-hydrogen) atoms. The minimum atomic E-state index is 0.176. The molecule has 6 heteroatoms. The Morgan fingerprint density at radius 3 is 2.65 bits per heavy atom. The van der Waals surface area contributed by atoms with Crippen LogP contribution in [0.25, 0.3) is 19.5 Å². The van der Waals surface area contributed by atoms with E-state index in [4.69, 9.17) is 5.73 Å². The molecule has 0 radical (unpaired) electrons. The van der Waals surface area contributed by atoms with Crippen molar-refractivity contribution in [3.8, 4) is 0 Å². The van der Waals surface area contributed by atoms with Crippen molar-refractivity contribution in [3.63, 3.8) is 0 Å². The molecule has 3 aromatic rings. The highest BCUT2D eigenvalue weighted by atomic mass is 32.1. The Bertz CT molecular complexity index is 846. The van der Waals surface area contributed by atoms with E-state index in [1.807, 2.05) is 4.90 Å². The van der Waals surface area contributed by atoms with Crippen LogP contribution in [0.1, 0.15) is 9.67 Å². The summed E-state index contributed by atoms with van der Waals surface area (Å²) in [5.74, 6) is 0.176. The lowest BCUT2D eigenvalue weighted by atomic mass is 10.2. The summed E-state index contributed by atoms with van der Waals surface area (Å²) in [5.41, 5.74) is 5.60. The highest BCUT2D eigenvalue weighted by molar-refractivity contribution is 7.33. The molecule has 1 fully saturated rings. The standard InChI is InChI=1S/C17H19N3OS2/c18-5-6-19-7-9-20(10-8-19)17(21)15-11-14-16(23-15)12-3-1-2-4-13(12)22-14/h1-4,11H,5-10,18H2. The van der Waals surface area contributed by atoms with Crippen molar-refractivity contribution in [2.45, 2.75) is 0 Å². The molecule has 4 nitrogen and oxygen atoms in total. The van der Waals surface area contributed by atoms with E-state index >= 15 is 0 Å². The third-order valence-electron chi connectivity index (χ3n) is 4.37. The minimum Gasteiger partial charge on any atom is -0.335 e. The molecule has 1 aliphatic heterocycles. The Hall–Kier alpha value is -1.47. The van der Waals surface area contributed by atoms with E-state index in [0.717, 1.165) is 37.6 Å². The van der Waals surface area contributed by atoms with E-state index in [9.17, 15) is 4.79 Å². The predicted molar refractivity (Wildman–Crippen MR) is 98.6 cm³/mol. The zero-order valence-corrected chi connectivity index (χ0v) is 14.5. The number of amides is 1. The molecule has 2 aromatic heterocycles. The first-order chi connectivity index (χ1) is 11.3.